The maximum Gasteiger partial charge on any atom is 0.0624 e. The summed E-state index contributed by atoms with van der Waals surface area (Å²) in [5.41, 5.74) is 0. The molecule has 4 unspecified atom stereocenters. The highest BCUT2D eigenvalue weighted by Crippen LogP contribution is 2.49. The van der Waals surface area contributed by atoms with Gasteiger partial charge < -0.3 is 10.2 Å². The highest BCUT2D eigenvalue weighted by molar-refractivity contribution is 4.99. The Labute approximate surface area is 105 Å². The number of aliphatic hydroxyl groups excluding tert-OH is 2. The Morgan fingerprint density at radius 1 is 0.882 bits per heavy atom. The molecular weight excluding hydrogens is 212 g/mol. The van der Waals surface area contributed by atoms with Gasteiger partial charge in [-0.1, -0.05) is 26.7 Å². The van der Waals surface area contributed by atoms with E-state index >= 15 is 0 Å². The predicted molar refractivity (Wildman–Crippen MR) is 69.6 cm³/mol. The van der Waals surface area contributed by atoms with Crippen LogP contribution in [0.5, 0.6) is 0 Å². The van der Waals surface area contributed by atoms with Gasteiger partial charge in [0.1, 0.15) is 0 Å². The zero-order valence-electron chi connectivity index (χ0n) is 11.3. The van der Waals surface area contributed by atoms with Gasteiger partial charge >= 0.3 is 0 Å². The van der Waals surface area contributed by atoms with Crippen LogP contribution in [-0.2, 0) is 0 Å². The molecule has 17 heavy (non-hydrogen) atoms. The van der Waals surface area contributed by atoms with Crippen LogP contribution in [0.3, 0.4) is 0 Å². The molecule has 0 radical (unpaired) electrons. The van der Waals surface area contributed by atoms with Crippen LogP contribution in [0, 0.1) is 23.7 Å². The molecule has 0 amide bonds. The largest absolute Gasteiger partial charge is 0.392 e. The lowest BCUT2D eigenvalue weighted by atomic mass is 9.71. The van der Waals surface area contributed by atoms with Crippen LogP contribution in [-0.4, -0.2) is 22.4 Å². The molecule has 2 aliphatic carbocycles. The third-order valence-electron chi connectivity index (χ3n) is 5.13. The van der Waals surface area contributed by atoms with E-state index in [-0.39, 0.29) is 18.1 Å². The second-order valence-corrected chi connectivity index (χ2v) is 6.23. The summed E-state index contributed by atoms with van der Waals surface area (Å²) in [4.78, 5) is 0. The summed E-state index contributed by atoms with van der Waals surface area (Å²) in [7, 11) is 0. The molecule has 2 nitrogen and oxygen atoms in total. The Bertz CT molecular complexity index is 237. The van der Waals surface area contributed by atoms with E-state index in [1.54, 1.807) is 0 Å². The van der Waals surface area contributed by atoms with Gasteiger partial charge in [0.15, 0.2) is 0 Å². The summed E-state index contributed by atoms with van der Waals surface area (Å²) >= 11 is 0. The first kappa shape index (κ1) is 13.4. The van der Waals surface area contributed by atoms with Crippen LogP contribution < -0.4 is 0 Å². The Hall–Kier alpha value is -0.0800. The van der Waals surface area contributed by atoms with Crippen LogP contribution in [0.15, 0.2) is 0 Å². The van der Waals surface area contributed by atoms with Crippen molar-refractivity contribution in [3.05, 3.63) is 0 Å². The molecule has 0 aromatic rings. The fourth-order valence-corrected chi connectivity index (χ4v) is 4.33. The van der Waals surface area contributed by atoms with Crippen molar-refractivity contribution in [2.75, 3.05) is 0 Å². The van der Waals surface area contributed by atoms with Crippen molar-refractivity contribution in [3.8, 4) is 0 Å². The quantitative estimate of drug-likeness (QED) is 0.793. The second kappa shape index (κ2) is 5.71. The average Bonchev–Trinajstić information content (AvgIpc) is 2.62. The van der Waals surface area contributed by atoms with Gasteiger partial charge in [-0.15, -0.1) is 0 Å². The standard InChI is InChI=1S/C15H28O2/c1-3-5-10-7-8-11-9-12(6-4-2)15(17)13(11)14(10)16/h10-17H,3-9H2,1-2H3/t10-,11?,12-,13?,14?,15?/m0/s1. The zero-order valence-corrected chi connectivity index (χ0v) is 11.3. The molecule has 0 aromatic heterocycles. The molecule has 6 atom stereocenters. The summed E-state index contributed by atoms with van der Waals surface area (Å²) < 4.78 is 0. The minimum Gasteiger partial charge on any atom is -0.392 e. The van der Waals surface area contributed by atoms with E-state index in [2.05, 4.69) is 13.8 Å². The zero-order chi connectivity index (χ0) is 12.4. The Balaban J connectivity index is 2.02. The van der Waals surface area contributed by atoms with Gasteiger partial charge in [-0.05, 0) is 49.9 Å². The van der Waals surface area contributed by atoms with E-state index in [0.717, 1.165) is 32.1 Å². The fraction of sp³-hybridized carbons (Fsp3) is 1.00. The van der Waals surface area contributed by atoms with Crippen molar-refractivity contribution in [1.29, 1.82) is 0 Å². The molecule has 2 rings (SSSR count). The van der Waals surface area contributed by atoms with Crippen molar-refractivity contribution < 1.29 is 10.2 Å². The second-order valence-electron chi connectivity index (χ2n) is 6.23. The predicted octanol–water partition coefficient (Wildman–Crippen LogP) is 2.97. The van der Waals surface area contributed by atoms with Crippen LogP contribution in [0.4, 0.5) is 0 Å². The minimum atomic E-state index is -0.245. The molecule has 2 aliphatic rings. The summed E-state index contributed by atoms with van der Waals surface area (Å²) in [6.45, 7) is 4.37. The van der Waals surface area contributed by atoms with Gasteiger partial charge in [-0.2, -0.15) is 0 Å². The summed E-state index contributed by atoms with van der Waals surface area (Å²) in [6.07, 6.45) is 7.60. The molecule has 100 valence electrons. The normalized spacial score (nSPS) is 45.9. The average molecular weight is 240 g/mol. The minimum absolute atomic E-state index is 0.178. The molecule has 2 N–H and O–H groups in total. The molecule has 2 fully saturated rings. The van der Waals surface area contributed by atoms with Crippen molar-refractivity contribution in [2.45, 2.75) is 71.0 Å². The molecule has 2 heteroatoms. The summed E-state index contributed by atoms with van der Waals surface area (Å²) in [5, 5.41) is 20.9. The lowest BCUT2D eigenvalue weighted by Crippen LogP contribution is -2.42. The lowest BCUT2D eigenvalue weighted by molar-refractivity contribution is -0.0560. The SMILES string of the molecule is CCC[C@H]1CCC2C[C@H](CCC)C(O)C2C1O. The first-order valence-corrected chi connectivity index (χ1v) is 7.55. The summed E-state index contributed by atoms with van der Waals surface area (Å²) in [6, 6.07) is 0. The number of aliphatic hydroxyl groups is 2. The molecule has 0 spiro atoms. The van der Waals surface area contributed by atoms with Crippen LogP contribution in [0.1, 0.15) is 58.8 Å². The van der Waals surface area contributed by atoms with Crippen LogP contribution in [0.2, 0.25) is 0 Å². The van der Waals surface area contributed by atoms with Gasteiger partial charge in [0.25, 0.3) is 0 Å². The highest BCUT2D eigenvalue weighted by atomic mass is 16.3. The lowest BCUT2D eigenvalue weighted by Gasteiger charge is -2.38. The van der Waals surface area contributed by atoms with Crippen molar-refractivity contribution in [3.63, 3.8) is 0 Å². The van der Waals surface area contributed by atoms with Crippen molar-refractivity contribution in [1.82, 2.24) is 0 Å². The van der Waals surface area contributed by atoms with Gasteiger partial charge in [0.2, 0.25) is 0 Å². The van der Waals surface area contributed by atoms with Crippen LogP contribution in [0.25, 0.3) is 0 Å². The molecule has 0 aromatic carbocycles. The summed E-state index contributed by atoms with van der Waals surface area (Å²) in [5.74, 6) is 1.66. The Morgan fingerprint density at radius 3 is 2.12 bits per heavy atom. The maximum absolute atomic E-state index is 10.5. The molecule has 0 bridgehead atoms. The fourth-order valence-electron chi connectivity index (χ4n) is 4.33. The van der Waals surface area contributed by atoms with E-state index < -0.39 is 0 Å². The first-order valence-electron chi connectivity index (χ1n) is 7.55. The van der Waals surface area contributed by atoms with Gasteiger partial charge in [0.05, 0.1) is 12.2 Å². The van der Waals surface area contributed by atoms with Crippen molar-refractivity contribution >= 4 is 0 Å². The molecular formula is C15H28O2. The number of rotatable bonds is 4. The van der Waals surface area contributed by atoms with E-state index in [0.29, 0.717) is 17.8 Å². The van der Waals surface area contributed by atoms with E-state index in [9.17, 15) is 10.2 Å². The topological polar surface area (TPSA) is 40.5 Å². The first-order chi connectivity index (χ1) is 8.19. The highest BCUT2D eigenvalue weighted by Gasteiger charge is 2.49. The van der Waals surface area contributed by atoms with E-state index in [4.69, 9.17) is 0 Å². The van der Waals surface area contributed by atoms with Gasteiger partial charge in [-0.3, -0.25) is 0 Å². The molecule has 2 saturated carbocycles. The Kier molecular flexibility index (Phi) is 4.48. The van der Waals surface area contributed by atoms with E-state index in [1.807, 2.05) is 0 Å². The molecule has 0 aliphatic heterocycles. The van der Waals surface area contributed by atoms with Gasteiger partial charge in [-0.25, -0.2) is 0 Å². The number of hydrogen-bond acceptors (Lipinski definition) is 2. The van der Waals surface area contributed by atoms with Crippen LogP contribution >= 0.6 is 0 Å². The monoisotopic (exact) mass is 240 g/mol. The maximum atomic E-state index is 10.5. The van der Waals surface area contributed by atoms with Gasteiger partial charge in [0, 0.05) is 5.92 Å². The third-order valence-corrected chi connectivity index (χ3v) is 5.13. The number of fused-ring (bicyclic) bond motifs is 1. The number of hydrogen-bond donors (Lipinski definition) is 2. The Morgan fingerprint density at radius 2 is 1.47 bits per heavy atom. The third kappa shape index (κ3) is 2.53. The smallest absolute Gasteiger partial charge is 0.0624 e. The molecule has 0 saturated heterocycles. The van der Waals surface area contributed by atoms with Crippen molar-refractivity contribution in [2.24, 2.45) is 23.7 Å². The van der Waals surface area contributed by atoms with E-state index in [1.165, 1.54) is 12.8 Å². The molecule has 0 heterocycles.